The van der Waals surface area contributed by atoms with E-state index in [1.165, 1.54) is 17.1 Å². The van der Waals surface area contributed by atoms with Crippen LogP contribution in [0.5, 0.6) is 0 Å². The summed E-state index contributed by atoms with van der Waals surface area (Å²) in [6.45, 7) is 2.82. The topological polar surface area (TPSA) is 81.9 Å². The third-order valence-corrected chi connectivity index (χ3v) is 4.60. The first-order chi connectivity index (χ1) is 14.2. The summed E-state index contributed by atoms with van der Waals surface area (Å²) in [5.74, 6) is 0. The van der Waals surface area contributed by atoms with Gasteiger partial charge in [-0.05, 0) is 30.5 Å². The van der Waals surface area contributed by atoms with Crippen molar-refractivity contribution in [3.8, 4) is 0 Å². The number of aromatic nitrogens is 4. The van der Waals surface area contributed by atoms with E-state index in [9.17, 15) is 4.79 Å². The van der Waals surface area contributed by atoms with Gasteiger partial charge in [-0.15, -0.1) is 4.73 Å². The first-order valence-corrected chi connectivity index (χ1v) is 9.40. The number of aryl methyl sites for hydroxylation is 1. The van der Waals surface area contributed by atoms with Crippen LogP contribution in [0.4, 0.5) is 5.69 Å². The minimum absolute atomic E-state index is 0.271. The van der Waals surface area contributed by atoms with Crippen LogP contribution in [0.2, 0.25) is 0 Å². The second kappa shape index (κ2) is 8.52. The number of pyridine rings is 2. The van der Waals surface area contributed by atoms with E-state index >= 15 is 0 Å². The molecule has 3 aromatic heterocycles. The second-order valence-corrected chi connectivity index (χ2v) is 6.65. The summed E-state index contributed by atoms with van der Waals surface area (Å²) in [5.41, 5.74) is 3.73. The predicted molar refractivity (Wildman–Crippen MR) is 112 cm³/mol. The fourth-order valence-corrected chi connectivity index (χ4v) is 3.15. The highest BCUT2D eigenvalue weighted by atomic mass is 16.7. The summed E-state index contributed by atoms with van der Waals surface area (Å²) in [4.78, 5) is 31.3. The van der Waals surface area contributed by atoms with Crippen LogP contribution in [0, 0.1) is 6.92 Å². The summed E-state index contributed by atoms with van der Waals surface area (Å²) < 4.78 is 1.24. The van der Waals surface area contributed by atoms with Crippen LogP contribution in [-0.2, 0) is 13.0 Å². The molecule has 0 atom stereocenters. The smallest absolute Gasteiger partial charge is 0.287 e. The van der Waals surface area contributed by atoms with Crippen molar-refractivity contribution in [2.75, 3.05) is 11.9 Å². The van der Waals surface area contributed by atoms with E-state index in [-0.39, 0.29) is 12.2 Å². The van der Waals surface area contributed by atoms with E-state index < -0.39 is 0 Å². The molecule has 0 fully saturated rings. The van der Waals surface area contributed by atoms with E-state index in [1.54, 1.807) is 6.20 Å². The first kappa shape index (κ1) is 18.6. The van der Waals surface area contributed by atoms with Crippen LogP contribution in [0.3, 0.4) is 0 Å². The van der Waals surface area contributed by atoms with Crippen molar-refractivity contribution in [3.63, 3.8) is 0 Å². The number of rotatable bonds is 7. The van der Waals surface area contributed by atoms with Gasteiger partial charge in [0, 0.05) is 25.0 Å². The lowest BCUT2D eigenvalue weighted by Crippen LogP contribution is -2.28. The average Bonchev–Trinajstić information content (AvgIpc) is 2.75. The summed E-state index contributed by atoms with van der Waals surface area (Å²) in [6.07, 6.45) is 5.82. The lowest BCUT2D eigenvalue weighted by molar-refractivity contribution is 0.0979. The number of nitrogens with zero attached hydrogens (tertiary/aromatic N) is 4. The van der Waals surface area contributed by atoms with E-state index in [1.807, 2.05) is 55.6 Å². The maximum atomic E-state index is 12.7. The molecule has 0 spiro atoms. The number of nitrogens with one attached hydrogen (secondary N) is 1. The maximum absolute atomic E-state index is 12.7. The van der Waals surface area contributed by atoms with Crippen molar-refractivity contribution in [2.45, 2.75) is 20.0 Å². The van der Waals surface area contributed by atoms with Crippen molar-refractivity contribution in [1.82, 2.24) is 19.7 Å². The number of benzene rings is 1. The molecule has 0 unspecified atom stereocenters. The Kier molecular flexibility index (Phi) is 5.47. The molecule has 0 saturated heterocycles. The van der Waals surface area contributed by atoms with Gasteiger partial charge in [-0.1, -0.05) is 36.4 Å². The van der Waals surface area contributed by atoms with Gasteiger partial charge in [-0.2, -0.15) is 0 Å². The number of anilines is 1. The highest BCUT2D eigenvalue weighted by Gasteiger charge is 2.14. The fraction of sp³-hybridized carbons (Fsp3) is 0.182. The predicted octanol–water partition coefficient (Wildman–Crippen LogP) is 2.78. The van der Waals surface area contributed by atoms with Gasteiger partial charge in [0.1, 0.15) is 12.9 Å². The third-order valence-electron chi connectivity index (χ3n) is 4.60. The van der Waals surface area contributed by atoms with Gasteiger partial charge >= 0.3 is 0 Å². The minimum Gasteiger partial charge on any atom is -0.404 e. The van der Waals surface area contributed by atoms with E-state index in [0.717, 1.165) is 28.6 Å². The van der Waals surface area contributed by atoms with Crippen molar-refractivity contribution >= 4 is 16.7 Å². The number of fused-ring (bicyclic) bond motifs is 1. The van der Waals surface area contributed by atoms with Crippen LogP contribution in [0.15, 0.2) is 72.0 Å². The van der Waals surface area contributed by atoms with Crippen molar-refractivity contribution in [2.24, 2.45) is 0 Å². The average molecular weight is 387 g/mol. The second-order valence-electron chi connectivity index (χ2n) is 6.65. The Hall–Kier alpha value is -3.74. The van der Waals surface area contributed by atoms with Crippen LogP contribution in [0.25, 0.3) is 11.0 Å². The summed E-state index contributed by atoms with van der Waals surface area (Å²) >= 11 is 0. The van der Waals surface area contributed by atoms with Gasteiger partial charge in [0.05, 0.1) is 16.8 Å². The monoisotopic (exact) mass is 387 g/mol. The molecule has 146 valence electrons. The lowest BCUT2D eigenvalue weighted by Gasteiger charge is -2.15. The Bertz CT molecular complexity index is 1160. The van der Waals surface area contributed by atoms with Crippen molar-refractivity contribution in [1.29, 1.82) is 0 Å². The zero-order chi connectivity index (χ0) is 20.1. The maximum Gasteiger partial charge on any atom is 0.287 e. The highest BCUT2D eigenvalue weighted by Crippen LogP contribution is 2.22. The van der Waals surface area contributed by atoms with Crippen LogP contribution in [0.1, 0.15) is 16.8 Å². The molecule has 0 aliphatic carbocycles. The Morgan fingerprint density at radius 1 is 1.07 bits per heavy atom. The quantitative estimate of drug-likeness (QED) is 0.525. The van der Waals surface area contributed by atoms with Gasteiger partial charge < -0.3 is 10.2 Å². The van der Waals surface area contributed by atoms with E-state index in [2.05, 4.69) is 20.3 Å². The fourth-order valence-electron chi connectivity index (χ4n) is 3.15. The molecule has 4 aromatic rings. The third kappa shape index (κ3) is 4.24. The van der Waals surface area contributed by atoms with Gasteiger partial charge in [-0.3, -0.25) is 9.78 Å². The molecule has 7 heteroatoms. The molecule has 0 amide bonds. The summed E-state index contributed by atoms with van der Waals surface area (Å²) in [7, 11) is 0. The zero-order valence-electron chi connectivity index (χ0n) is 16.1. The van der Waals surface area contributed by atoms with Gasteiger partial charge in [-0.25, -0.2) is 9.97 Å². The normalized spacial score (nSPS) is 10.8. The summed E-state index contributed by atoms with van der Waals surface area (Å²) in [6, 6.07) is 15.2. The zero-order valence-corrected chi connectivity index (χ0v) is 16.1. The molecule has 1 N–H and O–H groups in total. The van der Waals surface area contributed by atoms with Gasteiger partial charge in [0.25, 0.3) is 5.56 Å². The van der Waals surface area contributed by atoms with Crippen LogP contribution >= 0.6 is 0 Å². The molecule has 29 heavy (non-hydrogen) atoms. The van der Waals surface area contributed by atoms with Crippen LogP contribution in [-0.4, -0.2) is 26.2 Å². The largest absolute Gasteiger partial charge is 0.404 e. The van der Waals surface area contributed by atoms with Crippen molar-refractivity contribution in [3.05, 3.63) is 94.4 Å². The Morgan fingerprint density at radius 3 is 2.69 bits per heavy atom. The molecule has 1 aromatic carbocycles. The van der Waals surface area contributed by atoms with Gasteiger partial charge in [0.2, 0.25) is 0 Å². The molecule has 0 aliphatic heterocycles. The Balaban J connectivity index is 1.61. The van der Waals surface area contributed by atoms with Gasteiger partial charge in [0.15, 0.2) is 5.65 Å². The highest BCUT2D eigenvalue weighted by molar-refractivity contribution is 5.90. The first-order valence-electron chi connectivity index (χ1n) is 9.40. The molecule has 0 saturated carbocycles. The standard InChI is InChI=1S/C22H21N5O2/c1-16-21-19(24-11-9-17-8-5-10-23-13-17)12-20(28)27(22(21)26-15-25-16)29-14-18-6-3-2-4-7-18/h2-8,10,12-13,15,24H,9,11,14H2,1H3. The molecule has 0 aliphatic rings. The molecule has 0 bridgehead atoms. The Morgan fingerprint density at radius 2 is 1.90 bits per heavy atom. The summed E-state index contributed by atoms with van der Waals surface area (Å²) in [5, 5.41) is 4.11. The van der Waals surface area contributed by atoms with E-state index in [0.29, 0.717) is 17.9 Å². The van der Waals surface area contributed by atoms with Crippen LogP contribution < -0.4 is 15.7 Å². The molecular formula is C22H21N5O2. The number of hydrogen-bond donors (Lipinski definition) is 1. The van der Waals surface area contributed by atoms with Crippen molar-refractivity contribution < 1.29 is 4.84 Å². The number of hydrogen-bond acceptors (Lipinski definition) is 6. The lowest BCUT2D eigenvalue weighted by atomic mass is 10.2. The van der Waals surface area contributed by atoms with E-state index in [4.69, 9.17) is 4.84 Å². The SMILES string of the molecule is Cc1ncnc2c1c(NCCc1cccnc1)cc(=O)n2OCc1ccccc1. The molecule has 0 radical (unpaired) electrons. The molecule has 7 nitrogen and oxygen atoms in total. The molecule has 3 heterocycles. The Labute approximate surface area is 168 Å². The molecule has 4 rings (SSSR count). The minimum atomic E-state index is -0.282. The molecular weight excluding hydrogens is 366 g/mol.